The summed E-state index contributed by atoms with van der Waals surface area (Å²) < 4.78 is 48.4. The van der Waals surface area contributed by atoms with Crippen molar-refractivity contribution in [2.75, 3.05) is 10.6 Å². The lowest BCUT2D eigenvalue weighted by Crippen LogP contribution is -2.27. The Bertz CT molecular complexity index is 1620. The molecule has 4 heterocycles. The Morgan fingerprint density at radius 3 is 2.35 bits per heavy atom. The number of carbonyl (C=O) groups excluding carboxylic acids is 2. The molecule has 0 spiro atoms. The van der Waals surface area contributed by atoms with E-state index in [9.17, 15) is 28.0 Å². The van der Waals surface area contributed by atoms with Crippen molar-refractivity contribution in [3.8, 4) is 17.7 Å². The molecular weight excluding hydrogens is 533 g/mol. The zero-order chi connectivity index (χ0) is 29.2. The molecule has 2 amide bonds. The third-order valence-corrected chi connectivity index (χ3v) is 5.04. The molecule has 0 unspecified atom stereocenters. The molecule has 0 aliphatic heterocycles. The van der Waals surface area contributed by atoms with E-state index < -0.39 is 35.0 Å². The van der Waals surface area contributed by atoms with Crippen LogP contribution in [0.3, 0.4) is 0 Å². The molecule has 40 heavy (non-hydrogen) atoms. The van der Waals surface area contributed by atoms with Gasteiger partial charge in [-0.2, -0.15) is 33.7 Å². The first kappa shape index (κ1) is 27.7. The second-order valence-electron chi connectivity index (χ2n) is 9.26. The van der Waals surface area contributed by atoms with E-state index in [1.54, 1.807) is 20.8 Å². The maximum Gasteiger partial charge on any atom is 0.434 e. The normalized spacial score (nSPS) is 11.6. The molecule has 2 N–H and O–H groups in total. The van der Waals surface area contributed by atoms with Crippen LogP contribution >= 0.6 is 0 Å². The van der Waals surface area contributed by atoms with E-state index in [0.717, 1.165) is 17.2 Å². The summed E-state index contributed by atoms with van der Waals surface area (Å²) in [6, 6.07) is 5.92. The lowest BCUT2D eigenvalue weighted by molar-refractivity contribution is -0.143. The fraction of sp³-hybridized carbons (Fsp3) is 0.250. The van der Waals surface area contributed by atoms with E-state index in [2.05, 4.69) is 35.9 Å². The average Bonchev–Trinajstić information content (AvgIpc) is 3.54. The van der Waals surface area contributed by atoms with Gasteiger partial charge in [-0.25, -0.2) is 19.4 Å². The smallest absolute Gasteiger partial charge is 0.434 e. The zero-order valence-corrected chi connectivity index (χ0v) is 21.5. The third-order valence-electron chi connectivity index (χ3n) is 5.04. The molecule has 0 aliphatic carbocycles. The number of aromatic nitrogens is 7. The number of amides is 2. The Hall–Kier alpha value is -5.33. The van der Waals surface area contributed by atoms with Gasteiger partial charge in [0.05, 0.1) is 36.0 Å². The topological polar surface area (TPSA) is 166 Å². The highest BCUT2D eigenvalue weighted by Gasteiger charge is 2.41. The molecule has 4 aromatic rings. The Balaban J connectivity index is 1.67. The van der Waals surface area contributed by atoms with Gasteiger partial charge in [0.25, 0.3) is 5.91 Å². The van der Waals surface area contributed by atoms with Crippen LogP contribution in [-0.2, 0) is 10.9 Å². The molecule has 0 aliphatic rings. The second kappa shape index (κ2) is 10.4. The predicted molar refractivity (Wildman–Crippen MR) is 133 cm³/mol. The van der Waals surface area contributed by atoms with Gasteiger partial charge in [0.1, 0.15) is 23.1 Å². The minimum absolute atomic E-state index is 0.0325. The van der Waals surface area contributed by atoms with Crippen molar-refractivity contribution in [3.05, 3.63) is 65.4 Å². The van der Waals surface area contributed by atoms with Gasteiger partial charge in [0, 0.05) is 0 Å². The number of aryl methyl sites for hydroxylation is 1. The van der Waals surface area contributed by atoms with Gasteiger partial charge in [0.2, 0.25) is 0 Å². The van der Waals surface area contributed by atoms with Gasteiger partial charge < -0.3 is 10.1 Å². The van der Waals surface area contributed by atoms with Crippen molar-refractivity contribution in [2.45, 2.75) is 39.5 Å². The summed E-state index contributed by atoms with van der Waals surface area (Å²) in [5, 5.41) is 25.7. The molecule has 206 valence electrons. The molecule has 0 saturated heterocycles. The van der Waals surface area contributed by atoms with E-state index in [1.807, 2.05) is 6.07 Å². The third kappa shape index (κ3) is 6.04. The van der Waals surface area contributed by atoms with Crippen LogP contribution in [0.4, 0.5) is 29.5 Å². The molecular formula is C24H21F3N10O3. The minimum atomic E-state index is -5.03. The molecule has 0 atom stereocenters. The number of ether oxygens (including phenoxy) is 1. The Morgan fingerprint density at radius 2 is 1.73 bits per heavy atom. The van der Waals surface area contributed by atoms with Gasteiger partial charge >= 0.3 is 12.3 Å². The first-order valence-corrected chi connectivity index (χ1v) is 11.5. The van der Waals surface area contributed by atoms with Gasteiger partial charge in [-0.05, 0) is 45.4 Å². The standard InChI is InChI=1S/C24H21F3N10O3/c1-13-5-6-17(35-22(39)40-23(2,3)4)34-19(13)36-18(24(25,26)27)16(12-32-36)21(38)33-15-9-14(10-28)20(29-11-15)37-30-7-8-31-37/h5-9,11-12H,1-4H3,(H,33,38)(H,34,35,39). The fourth-order valence-corrected chi connectivity index (χ4v) is 3.45. The number of alkyl halides is 3. The van der Waals surface area contributed by atoms with Crippen LogP contribution in [0, 0.1) is 18.3 Å². The Labute approximate surface area is 224 Å². The van der Waals surface area contributed by atoms with Crippen molar-refractivity contribution >= 4 is 23.5 Å². The maximum absolute atomic E-state index is 14.3. The monoisotopic (exact) mass is 554 g/mol. The number of anilines is 2. The van der Waals surface area contributed by atoms with Crippen LogP contribution in [0.25, 0.3) is 11.6 Å². The van der Waals surface area contributed by atoms with Crippen molar-refractivity contribution in [1.82, 2.24) is 34.7 Å². The summed E-state index contributed by atoms with van der Waals surface area (Å²) in [4.78, 5) is 34.3. The number of pyridine rings is 2. The molecule has 4 aromatic heterocycles. The van der Waals surface area contributed by atoms with Crippen LogP contribution in [0.5, 0.6) is 0 Å². The van der Waals surface area contributed by atoms with Crippen LogP contribution in [0.2, 0.25) is 0 Å². The van der Waals surface area contributed by atoms with Crippen molar-refractivity contribution in [3.63, 3.8) is 0 Å². The highest BCUT2D eigenvalue weighted by atomic mass is 19.4. The highest BCUT2D eigenvalue weighted by Crippen LogP contribution is 2.34. The fourth-order valence-electron chi connectivity index (χ4n) is 3.45. The molecule has 0 bridgehead atoms. The predicted octanol–water partition coefficient (Wildman–Crippen LogP) is 4.04. The molecule has 0 fully saturated rings. The number of nitrogens with one attached hydrogen (secondary N) is 2. The molecule has 13 nitrogen and oxygen atoms in total. The van der Waals surface area contributed by atoms with Gasteiger partial charge in [-0.15, -0.1) is 4.80 Å². The summed E-state index contributed by atoms with van der Waals surface area (Å²) in [5.74, 6) is -1.46. The number of rotatable bonds is 5. The van der Waals surface area contributed by atoms with E-state index in [-0.39, 0.29) is 34.3 Å². The van der Waals surface area contributed by atoms with E-state index in [4.69, 9.17) is 4.74 Å². The Morgan fingerprint density at radius 1 is 1.02 bits per heavy atom. The van der Waals surface area contributed by atoms with Crippen LogP contribution in [0.1, 0.15) is 48.0 Å². The van der Waals surface area contributed by atoms with Crippen LogP contribution in [0.15, 0.2) is 43.0 Å². The maximum atomic E-state index is 14.3. The summed E-state index contributed by atoms with van der Waals surface area (Å²) in [7, 11) is 0. The van der Waals surface area contributed by atoms with E-state index >= 15 is 0 Å². The van der Waals surface area contributed by atoms with Crippen LogP contribution in [-0.4, -0.2) is 52.3 Å². The summed E-state index contributed by atoms with van der Waals surface area (Å²) in [5.41, 5.74) is -2.83. The molecule has 0 radical (unpaired) electrons. The lowest BCUT2D eigenvalue weighted by Gasteiger charge is -2.20. The molecule has 0 saturated carbocycles. The number of nitrogens with zero attached hydrogens (tertiary/aromatic N) is 8. The zero-order valence-electron chi connectivity index (χ0n) is 21.5. The molecule has 16 heteroatoms. The van der Waals surface area contributed by atoms with E-state index in [0.29, 0.717) is 4.68 Å². The van der Waals surface area contributed by atoms with Crippen molar-refractivity contribution in [2.24, 2.45) is 0 Å². The number of halogens is 3. The first-order valence-electron chi connectivity index (χ1n) is 11.5. The second-order valence-corrected chi connectivity index (χ2v) is 9.26. The highest BCUT2D eigenvalue weighted by molar-refractivity contribution is 6.05. The Kier molecular flexibility index (Phi) is 7.23. The summed E-state index contributed by atoms with van der Waals surface area (Å²) >= 11 is 0. The minimum Gasteiger partial charge on any atom is -0.444 e. The number of carbonyl (C=O) groups is 2. The largest absolute Gasteiger partial charge is 0.444 e. The van der Waals surface area contributed by atoms with Crippen molar-refractivity contribution in [1.29, 1.82) is 5.26 Å². The summed E-state index contributed by atoms with van der Waals surface area (Å²) in [6.45, 7) is 6.43. The SMILES string of the molecule is Cc1ccc(NC(=O)OC(C)(C)C)nc1-n1ncc(C(=O)Nc2cnc(-n3nccn3)c(C#N)c2)c1C(F)(F)F. The first-order chi connectivity index (χ1) is 18.8. The summed E-state index contributed by atoms with van der Waals surface area (Å²) in [6.07, 6.45) is -1.26. The van der Waals surface area contributed by atoms with Gasteiger partial charge in [-0.3, -0.25) is 10.1 Å². The number of hydrogen-bond acceptors (Lipinski definition) is 9. The van der Waals surface area contributed by atoms with Gasteiger partial charge in [-0.1, -0.05) is 6.07 Å². The van der Waals surface area contributed by atoms with E-state index in [1.165, 1.54) is 37.5 Å². The van der Waals surface area contributed by atoms with Gasteiger partial charge in [0.15, 0.2) is 17.3 Å². The molecule has 0 aromatic carbocycles. The lowest BCUT2D eigenvalue weighted by atomic mass is 10.2. The average molecular weight is 554 g/mol. The number of hydrogen-bond donors (Lipinski definition) is 2. The van der Waals surface area contributed by atoms with Crippen molar-refractivity contribution < 1.29 is 27.5 Å². The quantitative estimate of drug-likeness (QED) is 0.370. The number of nitriles is 1. The molecule has 4 rings (SSSR count). The van der Waals surface area contributed by atoms with Crippen LogP contribution < -0.4 is 10.6 Å².